The Morgan fingerprint density at radius 3 is 2.75 bits per heavy atom. The minimum absolute atomic E-state index is 0.490. The van der Waals surface area contributed by atoms with Crippen LogP contribution in [0.5, 0.6) is 5.75 Å². The molecule has 1 aliphatic rings. The number of hydrogen-bond acceptors (Lipinski definition) is 3. The van der Waals surface area contributed by atoms with E-state index in [2.05, 4.69) is 17.5 Å². The average Bonchev–Trinajstić information content (AvgIpc) is 2.48. The summed E-state index contributed by atoms with van der Waals surface area (Å²) in [6, 6.07) is 7.95. The molecule has 0 aromatic heterocycles. The van der Waals surface area contributed by atoms with E-state index in [4.69, 9.17) is 4.74 Å². The van der Waals surface area contributed by atoms with Gasteiger partial charge >= 0.3 is 0 Å². The zero-order valence-electron chi connectivity index (χ0n) is 12.3. The van der Waals surface area contributed by atoms with Crippen LogP contribution >= 0.6 is 0 Å². The number of ether oxygens (including phenoxy) is 1. The Hall–Kier alpha value is -1.32. The predicted octanol–water partition coefficient (Wildman–Crippen LogP) is 2.99. The van der Waals surface area contributed by atoms with Gasteiger partial charge in [0.05, 0.1) is 12.7 Å². The molecule has 1 aliphatic carbocycles. The molecule has 0 heterocycles. The van der Waals surface area contributed by atoms with E-state index in [0.717, 1.165) is 43.5 Å². The van der Waals surface area contributed by atoms with Crippen LogP contribution in [0.2, 0.25) is 0 Å². The van der Waals surface area contributed by atoms with Gasteiger partial charge in [-0.2, -0.15) is 0 Å². The lowest BCUT2D eigenvalue weighted by Crippen LogP contribution is -2.42. The summed E-state index contributed by atoms with van der Waals surface area (Å²) in [4.78, 5) is 0. The summed E-state index contributed by atoms with van der Waals surface area (Å²) in [7, 11) is 1.68. The molecule has 3 heteroatoms. The van der Waals surface area contributed by atoms with Crippen molar-refractivity contribution in [2.45, 2.75) is 37.7 Å². The molecule has 1 fully saturated rings. The molecule has 0 spiro atoms. The number of methoxy groups -OCH3 is 1. The van der Waals surface area contributed by atoms with Gasteiger partial charge in [-0.15, -0.1) is 0 Å². The van der Waals surface area contributed by atoms with Crippen LogP contribution in [0.1, 0.15) is 37.7 Å². The SMILES string of the molecule is COc1ccccc1C=CCNCC1(O)CCCCC1. The first-order valence-electron chi connectivity index (χ1n) is 7.46. The van der Waals surface area contributed by atoms with Gasteiger partial charge < -0.3 is 15.2 Å². The van der Waals surface area contributed by atoms with Crippen LogP contribution in [0.3, 0.4) is 0 Å². The third-order valence-corrected chi connectivity index (χ3v) is 3.94. The van der Waals surface area contributed by atoms with Crippen LogP contribution < -0.4 is 10.1 Å². The quantitative estimate of drug-likeness (QED) is 0.784. The fourth-order valence-electron chi connectivity index (χ4n) is 2.76. The number of benzene rings is 1. The summed E-state index contributed by atoms with van der Waals surface area (Å²) >= 11 is 0. The van der Waals surface area contributed by atoms with Crippen molar-refractivity contribution in [2.24, 2.45) is 0 Å². The fourth-order valence-corrected chi connectivity index (χ4v) is 2.76. The number of aliphatic hydroxyl groups is 1. The highest BCUT2D eigenvalue weighted by atomic mass is 16.5. The molecule has 1 saturated carbocycles. The maximum absolute atomic E-state index is 10.4. The lowest BCUT2D eigenvalue weighted by atomic mass is 9.85. The molecule has 2 rings (SSSR count). The van der Waals surface area contributed by atoms with Crippen LogP contribution in [0.4, 0.5) is 0 Å². The van der Waals surface area contributed by atoms with Gasteiger partial charge in [-0.1, -0.05) is 49.6 Å². The molecule has 0 atom stereocenters. The van der Waals surface area contributed by atoms with Crippen molar-refractivity contribution >= 4 is 6.08 Å². The van der Waals surface area contributed by atoms with Crippen LogP contribution in [0, 0.1) is 0 Å². The zero-order chi connectivity index (χ0) is 14.3. The van der Waals surface area contributed by atoms with E-state index in [-0.39, 0.29) is 0 Å². The molecule has 1 aromatic rings. The molecule has 0 amide bonds. The van der Waals surface area contributed by atoms with E-state index in [1.165, 1.54) is 6.42 Å². The van der Waals surface area contributed by atoms with Crippen molar-refractivity contribution in [1.82, 2.24) is 5.32 Å². The molecule has 1 aromatic carbocycles. The summed E-state index contributed by atoms with van der Waals surface area (Å²) in [6.45, 7) is 1.45. The first-order chi connectivity index (χ1) is 9.73. The Balaban J connectivity index is 1.76. The molecular weight excluding hydrogens is 250 g/mol. The second-order valence-corrected chi connectivity index (χ2v) is 5.56. The lowest BCUT2D eigenvalue weighted by Gasteiger charge is -2.32. The first kappa shape index (κ1) is 15.1. The Kier molecular flexibility index (Phi) is 5.62. The average molecular weight is 275 g/mol. The standard InChI is InChI=1S/C17H25NO2/c1-20-16-10-4-3-8-15(16)9-7-13-18-14-17(19)11-5-2-6-12-17/h3-4,7-10,18-19H,2,5-6,11-14H2,1H3. The molecular formula is C17H25NO2. The molecule has 0 aliphatic heterocycles. The van der Waals surface area contributed by atoms with Crippen molar-refractivity contribution in [3.63, 3.8) is 0 Å². The lowest BCUT2D eigenvalue weighted by molar-refractivity contribution is 0.00576. The van der Waals surface area contributed by atoms with Crippen LogP contribution in [-0.2, 0) is 0 Å². The number of rotatable bonds is 6. The first-order valence-corrected chi connectivity index (χ1v) is 7.46. The van der Waals surface area contributed by atoms with Crippen molar-refractivity contribution in [3.05, 3.63) is 35.9 Å². The Labute approximate surface area is 121 Å². The summed E-state index contributed by atoms with van der Waals surface area (Å²) in [5.74, 6) is 0.884. The van der Waals surface area contributed by atoms with E-state index in [0.29, 0.717) is 6.54 Å². The monoisotopic (exact) mass is 275 g/mol. The highest BCUT2D eigenvalue weighted by Crippen LogP contribution is 2.27. The Morgan fingerprint density at radius 2 is 2.00 bits per heavy atom. The van der Waals surface area contributed by atoms with Crippen LogP contribution in [0.25, 0.3) is 6.08 Å². The summed E-state index contributed by atoms with van der Waals surface area (Å²) in [5.41, 5.74) is 0.587. The van der Waals surface area contributed by atoms with Gasteiger partial charge in [-0.05, 0) is 18.9 Å². The Morgan fingerprint density at radius 1 is 1.25 bits per heavy atom. The van der Waals surface area contributed by atoms with Gasteiger partial charge in [-0.3, -0.25) is 0 Å². The van der Waals surface area contributed by atoms with Gasteiger partial charge in [0.2, 0.25) is 0 Å². The van der Waals surface area contributed by atoms with E-state index in [1.807, 2.05) is 24.3 Å². The molecule has 0 radical (unpaired) electrons. The molecule has 0 bridgehead atoms. The normalized spacial score (nSPS) is 18.3. The zero-order valence-corrected chi connectivity index (χ0v) is 12.3. The largest absolute Gasteiger partial charge is 0.496 e. The topological polar surface area (TPSA) is 41.5 Å². The van der Waals surface area contributed by atoms with Crippen molar-refractivity contribution in [3.8, 4) is 5.75 Å². The third-order valence-electron chi connectivity index (χ3n) is 3.94. The summed E-state index contributed by atoms with van der Waals surface area (Å²) in [6.07, 6.45) is 9.54. The highest BCUT2D eigenvalue weighted by molar-refractivity contribution is 5.57. The molecule has 3 nitrogen and oxygen atoms in total. The fraction of sp³-hybridized carbons (Fsp3) is 0.529. The Bertz CT molecular complexity index is 436. The maximum atomic E-state index is 10.4. The second-order valence-electron chi connectivity index (χ2n) is 5.56. The van der Waals surface area contributed by atoms with Crippen LogP contribution in [0.15, 0.2) is 30.3 Å². The van der Waals surface area contributed by atoms with Gasteiger partial charge in [0.15, 0.2) is 0 Å². The minimum atomic E-state index is -0.490. The molecule has 20 heavy (non-hydrogen) atoms. The number of hydrogen-bond donors (Lipinski definition) is 2. The van der Waals surface area contributed by atoms with Crippen LogP contribution in [-0.4, -0.2) is 30.9 Å². The molecule has 2 N–H and O–H groups in total. The van der Waals surface area contributed by atoms with Crippen molar-refractivity contribution < 1.29 is 9.84 Å². The number of para-hydroxylation sites is 1. The van der Waals surface area contributed by atoms with E-state index < -0.39 is 5.60 Å². The third kappa shape index (κ3) is 4.36. The van der Waals surface area contributed by atoms with Gasteiger partial charge in [0, 0.05) is 18.7 Å². The van der Waals surface area contributed by atoms with Gasteiger partial charge in [-0.25, -0.2) is 0 Å². The van der Waals surface area contributed by atoms with Crippen molar-refractivity contribution in [1.29, 1.82) is 0 Å². The van der Waals surface area contributed by atoms with Gasteiger partial charge in [0.1, 0.15) is 5.75 Å². The number of nitrogens with one attached hydrogen (secondary N) is 1. The molecule has 110 valence electrons. The van der Waals surface area contributed by atoms with E-state index in [1.54, 1.807) is 7.11 Å². The smallest absolute Gasteiger partial charge is 0.126 e. The minimum Gasteiger partial charge on any atom is -0.496 e. The molecule has 0 unspecified atom stereocenters. The van der Waals surface area contributed by atoms with E-state index in [9.17, 15) is 5.11 Å². The predicted molar refractivity (Wildman–Crippen MR) is 82.9 cm³/mol. The van der Waals surface area contributed by atoms with Gasteiger partial charge in [0.25, 0.3) is 0 Å². The molecule has 0 saturated heterocycles. The summed E-state index contributed by atoms with van der Waals surface area (Å²) in [5, 5.41) is 13.7. The van der Waals surface area contributed by atoms with E-state index >= 15 is 0 Å². The highest BCUT2D eigenvalue weighted by Gasteiger charge is 2.28. The maximum Gasteiger partial charge on any atom is 0.126 e. The van der Waals surface area contributed by atoms with Crippen molar-refractivity contribution in [2.75, 3.05) is 20.2 Å². The second kappa shape index (κ2) is 7.46. The summed E-state index contributed by atoms with van der Waals surface area (Å²) < 4.78 is 5.30.